The zero-order valence-corrected chi connectivity index (χ0v) is 8.97. The van der Waals surface area contributed by atoms with Gasteiger partial charge in [-0.15, -0.1) is 0 Å². The summed E-state index contributed by atoms with van der Waals surface area (Å²) in [6.45, 7) is 2.40. The van der Waals surface area contributed by atoms with Crippen LogP contribution in [0.15, 0.2) is 22.7 Å². The summed E-state index contributed by atoms with van der Waals surface area (Å²) in [4.78, 5) is 0. The molecule has 13 heavy (non-hydrogen) atoms. The van der Waals surface area contributed by atoms with Crippen LogP contribution in [0.1, 0.15) is 18.9 Å². The summed E-state index contributed by atoms with van der Waals surface area (Å²) < 4.78 is 6.43. The summed E-state index contributed by atoms with van der Waals surface area (Å²) in [5.41, 5.74) is 0.135. The fourth-order valence-electron chi connectivity index (χ4n) is 1.55. The Labute approximate surface area is 85.7 Å². The maximum Gasteiger partial charge on any atom is 0.126 e. The third-order valence-corrected chi connectivity index (χ3v) is 2.86. The largest absolute Gasteiger partial charge is 0.493 e. The van der Waals surface area contributed by atoms with Gasteiger partial charge in [0.25, 0.3) is 0 Å². The molecular weight excluding hydrogens is 232 g/mol. The molecule has 0 aliphatic carbocycles. The molecule has 0 amide bonds. The van der Waals surface area contributed by atoms with Gasteiger partial charge in [-0.1, -0.05) is 22.0 Å². The van der Waals surface area contributed by atoms with Crippen LogP contribution in [0.4, 0.5) is 0 Å². The van der Waals surface area contributed by atoms with Gasteiger partial charge in [0, 0.05) is 16.5 Å². The van der Waals surface area contributed by atoms with E-state index in [1.165, 1.54) is 0 Å². The van der Waals surface area contributed by atoms with Gasteiger partial charge in [-0.25, -0.2) is 0 Å². The lowest BCUT2D eigenvalue weighted by molar-refractivity contribution is 0.0146. The van der Waals surface area contributed by atoms with Gasteiger partial charge < -0.3 is 9.84 Å². The number of aliphatic hydroxyl groups is 1. The summed E-state index contributed by atoms with van der Waals surface area (Å²) in [6, 6.07) is 5.71. The Bertz CT molecular complexity index is 334. The van der Waals surface area contributed by atoms with E-state index in [9.17, 15) is 5.11 Å². The van der Waals surface area contributed by atoms with Crippen molar-refractivity contribution in [3.63, 3.8) is 0 Å². The van der Waals surface area contributed by atoms with Crippen LogP contribution in [0.5, 0.6) is 5.75 Å². The Morgan fingerprint density at radius 3 is 3.08 bits per heavy atom. The summed E-state index contributed by atoms with van der Waals surface area (Å²) in [7, 11) is 0. The Morgan fingerprint density at radius 2 is 2.31 bits per heavy atom. The van der Waals surface area contributed by atoms with Crippen LogP contribution >= 0.6 is 15.9 Å². The molecule has 1 aliphatic heterocycles. The molecule has 1 aliphatic rings. The van der Waals surface area contributed by atoms with Gasteiger partial charge >= 0.3 is 0 Å². The van der Waals surface area contributed by atoms with Crippen molar-refractivity contribution < 1.29 is 9.84 Å². The molecule has 1 unspecified atom stereocenters. The minimum absolute atomic E-state index is 0.580. The van der Waals surface area contributed by atoms with E-state index in [0.717, 1.165) is 15.8 Å². The number of rotatable bonds is 0. The van der Waals surface area contributed by atoms with Crippen LogP contribution in [0.3, 0.4) is 0 Å². The van der Waals surface area contributed by atoms with Gasteiger partial charge in [0.05, 0.1) is 12.2 Å². The van der Waals surface area contributed by atoms with E-state index >= 15 is 0 Å². The van der Waals surface area contributed by atoms with Crippen molar-refractivity contribution in [2.45, 2.75) is 18.9 Å². The van der Waals surface area contributed by atoms with E-state index in [1.54, 1.807) is 0 Å². The first-order valence-corrected chi connectivity index (χ1v) is 5.04. The number of benzene rings is 1. The SMILES string of the molecule is CC1(O)CCOc2cc(Br)ccc21. The van der Waals surface area contributed by atoms with E-state index in [4.69, 9.17) is 4.74 Å². The Hall–Kier alpha value is -0.540. The van der Waals surface area contributed by atoms with E-state index in [-0.39, 0.29) is 0 Å². The Kier molecular flexibility index (Phi) is 2.08. The van der Waals surface area contributed by atoms with Gasteiger partial charge in [-0.2, -0.15) is 0 Å². The van der Waals surface area contributed by atoms with Crippen LogP contribution in [0.25, 0.3) is 0 Å². The molecule has 0 spiro atoms. The number of hydrogen-bond acceptors (Lipinski definition) is 2. The smallest absolute Gasteiger partial charge is 0.126 e. The molecule has 0 fully saturated rings. The summed E-state index contributed by atoms with van der Waals surface area (Å²) >= 11 is 3.37. The van der Waals surface area contributed by atoms with Crippen molar-refractivity contribution in [3.8, 4) is 5.75 Å². The standard InChI is InChI=1S/C10H11BrO2/c1-10(12)4-5-13-9-6-7(11)2-3-8(9)10/h2-3,6,12H,4-5H2,1H3. The zero-order valence-electron chi connectivity index (χ0n) is 7.38. The van der Waals surface area contributed by atoms with Gasteiger partial charge in [0.15, 0.2) is 0 Å². The maximum absolute atomic E-state index is 10.0. The lowest BCUT2D eigenvalue weighted by Gasteiger charge is -2.30. The Morgan fingerprint density at radius 1 is 1.54 bits per heavy atom. The second kappa shape index (κ2) is 3.00. The molecule has 0 bridgehead atoms. The summed E-state index contributed by atoms with van der Waals surface area (Å²) in [5, 5.41) is 10.0. The average molecular weight is 243 g/mol. The molecule has 0 aromatic heterocycles. The molecule has 70 valence electrons. The highest BCUT2D eigenvalue weighted by molar-refractivity contribution is 9.10. The van der Waals surface area contributed by atoms with Crippen LogP contribution in [-0.4, -0.2) is 11.7 Å². The molecule has 0 saturated heterocycles. The van der Waals surface area contributed by atoms with Crippen molar-refractivity contribution in [1.82, 2.24) is 0 Å². The normalized spacial score (nSPS) is 26.4. The van der Waals surface area contributed by atoms with Crippen LogP contribution in [-0.2, 0) is 5.60 Å². The number of halogens is 1. The van der Waals surface area contributed by atoms with Gasteiger partial charge in [0.1, 0.15) is 5.75 Å². The summed E-state index contributed by atoms with van der Waals surface area (Å²) in [6.07, 6.45) is 0.654. The molecule has 1 heterocycles. The minimum atomic E-state index is -0.742. The molecule has 3 heteroatoms. The average Bonchev–Trinajstić information content (AvgIpc) is 2.02. The lowest BCUT2D eigenvalue weighted by atomic mass is 9.90. The minimum Gasteiger partial charge on any atom is -0.493 e. The number of ether oxygens (including phenoxy) is 1. The quantitative estimate of drug-likeness (QED) is 0.758. The van der Waals surface area contributed by atoms with Crippen molar-refractivity contribution in [2.75, 3.05) is 6.61 Å². The highest BCUT2D eigenvalue weighted by Crippen LogP contribution is 2.37. The van der Waals surface area contributed by atoms with Crippen molar-refractivity contribution >= 4 is 15.9 Å². The molecule has 1 aromatic rings. The summed E-state index contributed by atoms with van der Waals surface area (Å²) in [5.74, 6) is 0.783. The Balaban J connectivity index is 2.53. The first-order chi connectivity index (χ1) is 6.09. The lowest BCUT2D eigenvalue weighted by Crippen LogP contribution is -2.29. The van der Waals surface area contributed by atoms with Crippen LogP contribution in [0.2, 0.25) is 0 Å². The molecule has 2 nitrogen and oxygen atoms in total. The highest BCUT2D eigenvalue weighted by atomic mass is 79.9. The fourth-order valence-corrected chi connectivity index (χ4v) is 1.90. The van der Waals surface area contributed by atoms with Gasteiger partial charge in [-0.3, -0.25) is 0 Å². The van der Waals surface area contributed by atoms with Crippen molar-refractivity contribution in [2.24, 2.45) is 0 Å². The molecular formula is C10H11BrO2. The van der Waals surface area contributed by atoms with Gasteiger partial charge in [0.2, 0.25) is 0 Å². The third-order valence-electron chi connectivity index (χ3n) is 2.37. The first kappa shape index (κ1) is 9.03. The van der Waals surface area contributed by atoms with Crippen molar-refractivity contribution in [1.29, 1.82) is 0 Å². The molecule has 2 rings (SSSR count). The second-order valence-corrected chi connectivity index (χ2v) is 4.43. The highest BCUT2D eigenvalue weighted by Gasteiger charge is 2.30. The van der Waals surface area contributed by atoms with E-state index in [0.29, 0.717) is 13.0 Å². The molecule has 0 radical (unpaired) electrons. The predicted octanol–water partition coefficient (Wildman–Crippen LogP) is 2.44. The molecule has 1 aromatic carbocycles. The second-order valence-electron chi connectivity index (χ2n) is 3.51. The van der Waals surface area contributed by atoms with E-state index in [1.807, 2.05) is 25.1 Å². The zero-order chi connectivity index (χ0) is 9.47. The predicted molar refractivity (Wildman–Crippen MR) is 53.8 cm³/mol. The molecule has 1 atom stereocenters. The third kappa shape index (κ3) is 1.58. The molecule has 1 N–H and O–H groups in total. The monoisotopic (exact) mass is 242 g/mol. The van der Waals surface area contributed by atoms with Crippen LogP contribution in [0, 0.1) is 0 Å². The fraction of sp³-hybridized carbons (Fsp3) is 0.400. The topological polar surface area (TPSA) is 29.5 Å². The van der Waals surface area contributed by atoms with Gasteiger partial charge in [-0.05, 0) is 19.1 Å². The molecule has 0 saturated carbocycles. The first-order valence-electron chi connectivity index (χ1n) is 4.25. The van der Waals surface area contributed by atoms with E-state index in [2.05, 4.69) is 15.9 Å². The number of hydrogen-bond donors (Lipinski definition) is 1. The maximum atomic E-state index is 10.0. The van der Waals surface area contributed by atoms with Crippen molar-refractivity contribution in [3.05, 3.63) is 28.2 Å². The van der Waals surface area contributed by atoms with Crippen LogP contribution < -0.4 is 4.74 Å². The number of fused-ring (bicyclic) bond motifs is 1. The van der Waals surface area contributed by atoms with E-state index < -0.39 is 5.60 Å².